The summed E-state index contributed by atoms with van der Waals surface area (Å²) in [5.41, 5.74) is 1.48. The van der Waals surface area contributed by atoms with Gasteiger partial charge in [0.1, 0.15) is 4.88 Å². The first-order valence-corrected chi connectivity index (χ1v) is 12.6. The van der Waals surface area contributed by atoms with E-state index >= 15 is 0 Å². The van der Waals surface area contributed by atoms with E-state index in [-0.39, 0.29) is 17.4 Å². The van der Waals surface area contributed by atoms with E-state index in [0.717, 1.165) is 36.9 Å². The van der Waals surface area contributed by atoms with Gasteiger partial charge in [0, 0.05) is 18.4 Å². The summed E-state index contributed by atoms with van der Waals surface area (Å²) in [6.07, 6.45) is 3.79. The van der Waals surface area contributed by atoms with Gasteiger partial charge in [0.2, 0.25) is 0 Å². The first-order valence-electron chi connectivity index (χ1n) is 9.87. The molecule has 0 saturated heterocycles. The summed E-state index contributed by atoms with van der Waals surface area (Å²) in [6.45, 7) is 7.94. The van der Waals surface area contributed by atoms with Gasteiger partial charge in [-0.15, -0.1) is 0 Å². The molecule has 0 N–H and O–H groups in total. The molecule has 0 atom stereocenters. The summed E-state index contributed by atoms with van der Waals surface area (Å²) in [7, 11) is -3.45. The lowest BCUT2D eigenvalue weighted by Crippen LogP contribution is -2.32. The number of ether oxygens (including phenoxy) is 1. The van der Waals surface area contributed by atoms with Gasteiger partial charge in [0.05, 0.1) is 17.2 Å². The van der Waals surface area contributed by atoms with Crippen LogP contribution >= 0.6 is 11.3 Å². The fourth-order valence-corrected chi connectivity index (χ4v) is 4.53. The highest BCUT2D eigenvalue weighted by Gasteiger charge is 2.26. The van der Waals surface area contributed by atoms with Gasteiger partial charge in [0.25, 0.3) is 5.91 Å². The monoisotopic (exact) mass is 452 g/mol. The Balaban J connectivity index is 2.49. The van der Waals surface area contributed by atoms with Gasteiger partial charge in [0.15, 0.2) is 15.0 Å². The van der Waals surface area contributed by atoms with Crippen LogP contribution in [0.5, 0.6) is 0 Å². The van der Waals surface area contributed by atoms with Crippen molar-refractivity contribution in [3.8, 4) is 0 Å². The Morgan fingerprint density at radius 2 is 1.87 bits per heavy atom. The van der Waals surface area contributed by atoms with Crippen molar-refractivity contribution in [2.24, 2.45) is 0 Å². The van der Waals surface area contributed by atoms with Gasteiger partial charge < -0.3 is 4.74 Å². The summed E-state index contributed by atoms with van der Waals surface area (Å²) in [6, 6.07) is 4.53. The van der Waals surface area contributed by atoms with Crippen molar-refractivity contribution in [1.29, 1.82) is 0 Å². The van der Waals surface area contributed by atoms with Gasteiger partial charge >= 0.3 is 5.97 Å². The van der Waals surface area contributed by atoms with Crippen LogP contribution in [0.3, 0.4) is 0 Å². The third-order valence-electron chi connectivity index (χ3n) is 4.58. The first kappa shape index (κ1) is 24.0. The number of hydrogen-bond donors (Lipinski definition) is 0. The molecule has 30 heavy (non-hydrogen) atoms. The second-order valence-corrected chi connectivity index (χ2v) is 10.0. The number of unbranched alkanes of at least 4 members (excludes halogenated alkanes) is 2. The molecule has 0 aliphatic carbocycles. The highest BCUT2D eigenvalue weighted by Crippen LogP contribution is 2.29. The molecule has 7 nitrogen and oxygen atoms in total. The molecule has 164 valence electrons. The predicted octanol–water partition coefficient (Wildman–Crippen LogP) is 4.18. The number of thiazole rings is 1. The summed E-state index contributed by atoms with van der Waals surface area (Å²) in [5.74, 6) is -0.798. The highest BCUT2D eigenvalue weighted by atomic mass is 32.2. The molecule has 9 heteroatoms. The van der Waals surface area contributed by atoms with Crippen LogP contribution in [0.4, 0.5) is 5.13 Å². The molecule has 1 amide bonds. The van der Waals surface area contributed by atoms with Crippen LogP contribution in [0.1, 0.15) is 64.4 Å². The summed E-state index contributed by atoms with van der Waals surface area (Å²) in [4.78, 5) is 32.1. The van der Waals surface area contributed by atoms with E-state index in [4.69, 9.17) is 4.74 Å². The molecule has 0 spiro atoms. The number of rotatable bonds is 9. The van der Waals surface area contributed by atoms with E-state index in [9.17, 15) is 18.0 Å². The smallest absolute Gasteiger partial charge is 0.350 e. The van der Waals surface area contributed by atoms with Crippen LogP contribution in [0.15, 0.2) is 23.1 Å². The number of amides is 1. The van der Waals surface area contributed by atoms with Crippen LogP contribution in [0, 0.1) is 13.8 Å². The van der Waals surface area contributed by atoms with Crippen LogP contribution in [0.25, 0.3) is 0 Å². The minimum atomic E-state index is -3.45. The van der Waals surface area contributed by atoms with Crippen molar-refractivity contribution in [3.63, 3.8) is 0 Å². The average Bonchev–Trinajstić information content (AvgIpc) is 3.06. The van der Waals surface area contributed by atoms with Gasteiger partial charge in [-0.1, -0.05) is 37.2 Å². The van der Waals surface area contributed by atoms with Crippen molar-refractivity contribution >= 4 is 38.2 Å². The number of sulfone groups is 1. The molecule has 0 aliphatic heterocycles. The molecule has 0 unspecified atom stereocenters. The maximum Gasteiger partial charge on any atom is 0.350 e. The summed E-state index contributed by atoms with van der Waals surface area (Å²) >= 11 is 1.11. The lowest BCUT2D eigenvalue weighted by Gasteiger charge is -2.21. The Morgan fingerprint density at radius 1 is 1.17 bits per heavy atom. The number of aryl methyl sites for hydroxylation is 2. The Labute approximate surface area is 182 Å². The van der Waals surface area contributed by atoms with E-state index in [0.29, 0.717) is 33.4 Å². The Bertz CT molecular complexity index is 1030. The van der Waals surface area contributed by atoms with Crippen molar-refractivity contribution in [3.05, 3.63) is 39.9 Å². The number of anilines is 1. The van der Waals surface area contributed by atoms with E-state index < -0.39 is 15.8 Å². The molecule has 0 radical (unpaired) electrons. The number of aromatic nitrogens is 1. The molecule has 1 aromatic heterocycles. The molecule has 2 aromatic rings. The van der Waals surface area contributed by atoms with Gasteiger partial charge in [-0.05, 0) is 44.9 Å². The fourth-order valence-electron chi connectivity index (χ4n) is 2.90. The lowest BCUT2D eigenvalue weighted by molar-refractivity contribution is 0.0531. The van der Waals surface area contributed by atoms with Crippen LogP contribution in [0.2, 0.25) is 0 Å². The number of carbonyl (C=O) groups excluding carboxylic acids is 2. The normalized spacial score (nSPS) is 11.4. The largest absolute Gasteiger partial charge is 0.462 e. The summed E-state index contributed by atoms with van der Waals surface area (Å²) < 4.78 is 29.0. The number of nitrogens with zero attached hydrogens (tertiary/aromatic N) is 2. The standard InChI is InChI=1S/C21H28N2O5S2/c1-6-8-9-12-23(21-22-15(4)18(29-21)20(25)28-7-2)19(24)17-13-16(30(5,26)27)11-10-14(17)3/h10-11,13H,6-9,12H2,1-5H3. The Morgan fingerprint density at radius 3 is 2.47 bits per heavy atom. The fraction of sp³-hybridized carbons (Fsp3) is 0.476. The van der Waals surface area contributed by atoms with Crippen molar-refractivity contribution < 1.29 is 22.7 Å². The maximum absolute atomic E-state index is 13.4. The molecule has 0 bridgehead atoms. The average molecular weight is 453 g/mol. The van der Waals surface area contributed by atoms with E-state index in [1.54, 1.807) is 26.8 Å². The molecular weight excluding hydrogens is 424 g/mol. The number of benzene rings is 1. The van der Waals surface area contributed by atoms with Crippen LogP contribution < -0.4 is 4.90 Å². The van der Waals surface area contributed by atoms with E-state index in [1.165, 1.54) is 17.0 Å². The second kappa shape index (κ2) is 10.2. The van der Waals surface area contributed by atoms with Crippen molar-refractivity contribution in [1.82, 2.24) is 4.98 Å². The third-order valence-corrected chi connectivity index (χ3v) is 6.85. The van der Waals surface area contributed by atoms with E-state index in [1.807, 2.05) is 0 Å². The predicted molar refractivity (Wildman–Crippen MR) is 118 cm³/mol. The quantitative estimate of drug-likeness (QED) is 0.419. The SMILES string of the molecule is CCCCCN(C(=O)c1cc(S(C)(=O)=O)ccc1C)c1nc(C)c(C(=O)OCC)s1. The number of hydrogen-bond acceptors (Lipinski definition) is 7. The minimum absolute atomic E-state index is 0.0903. The molecule has 0 fully saturated rings. The van der Waals surface area contributed by atoms with Crippen LogP contribution in [-0.2, 0) is 14.6 Å². The number of esters is 1. The Hall–Kier alpha value is -2.26. The molecule has 1 heterocycles. The maximum atomic E-state index is 13.4. The van der Waals surface area contributed by atoms with Crippen molar-refractivity contribution in [2.45, 2.75) is 51.9 Å². The minimum Gasteiger partial charge on any atom is -0.462 e. The molecule has 2 rings (SSSR count). The van der Waals surface area contributed by atoms with Gasteiger partial charge in [-0.25, -0.2) is 18.2 Å². The third kappa shape index (κ3) is 5.66. The first-order chi connectivity index (χ1) is 14.1. The van der Waals surface area contributed by atoms with Crippen molar-refractivity contribution in [2.75, 3.05) is 24.3 Å². The van der Waals surface area contributed by atoms with E-state index in [2.05, 4.69) is 11.9 Å². The van der Waals surface area contributed by atoms with Crippen LogP contribution in [-0.4, -0.2) is 44.7 Å². The zero-order valence-corrected chi connectivity index (χ0v) is 19.7. The van der Waals surface area contributed by atoms with Gasteiger partial charge in [-0.2, -0.15) is 0 Å². The molecular formula is C21H28N2O5S2. The zero-order chi connectivity index (χ0) is 22.5. The Kier molecular flexibility index (Phi) is 8.14. The molecule has 1 aromatic carbocycles. The lowest BCUT2D eigenvalue weighted by atomic mass is 10.1. The topological polar surface area (TPSA) is 93.6 Å². The van der Waals surface area contributed by atoms with Gasteiger partial charge in [-0.3, -0.25) is 9.69 Å². The molecule has 0 aliphatic rings. The summed E-state index contributed by atoms with van der Waals surface area (Å²) in [5, 5.41) is 0.404. The zero-order valence-electron chi connectivity index (χ0n) is 18.0. The highest BCUT2D eigenvalue weighted by molar-refractivity contribution is 7.90. The number of carbonyl (C=O) groups is 2. The second-order valence-electron chi connectivity index (χ2n) is 7.04. The molecule has 0 saturated carbocycles.